The van der Waals surface area contributed by atoms with Gasteiger partial charge in [0.25, 0.3) is 5.91 Å². The summed E-state index contributed by atoms with van der Waals surface area (Å²) in [6.45, 7) is 2.58. The van der Waals surface area contributed by atoms with Gasteiger partial charge in [-0.15, -0.1) is 4.40 Å². The normalized spacial score (nSPS) is 20.2. The molecular formula is C21H27N3O7S. The molecule has 0 N–H and O–H groups in total. The zero-order valence-electron chi connectivity index (χ0n) is 18.5. The van der Waals surface area contributed by atoms with Crippen LogP contribution in [0.4, 0.5) is 0 Å². The largest absolute Gasteiger partial charge is 0.493 e. The summed E-state index contributed by atoms with van der Waals surface area (Å²) in [6, 6.07) is 4.86. The van der Waals surface area contributed by atoms with Crippen LogP contribution in [0.2, 0.25) is 0 Å². The van der Waals surface area contributed by atoms with Crippen LogP contribution in [0.25, 0.3) is 0 Å². The first-order valence-electron chi connectivity index (χ1n) is 10.2. The van der Waals surface area contributed by atoms with Crippen LogP contribution in [0.3, 0.4) is 0 Å². The fourth-order valence-electron chi connectivity index (χ4n) is 3.66. The van der Waals surface area contributed by atoms with Gasteiger partial charge in [-0.05, 0) is 44.0 Å². The van der Waals surface area contributed by atoms with Crippen molar-refractivity contribution >= 4 is 27.8 Å². The van der Waals surface area contributed by atoms with Crippen molar-refractivity contribution in [3.63, 3.8) is 0 Å². The molecule has 1 amide bonds. The summed E-state index contributed by atoms with van der Waals surface area (Å²) in [6.07, 6.45) is 2.67. The van der Waals surface area contributed by atoms with E-state index in [1.807, 2.05) is 0 Å². The average molecular weight is 466 g/mol. The lowest BCUT2D eigenvalue weighted by molar-refractivity contribution is -0.151. The molecule has 2 heterocycles. The quantitative estimate of drug-likeness (QED) is 0.583. The molecule has 0 bridgehead atoms. The second-order valence-corrected chi connectivity index (χ2v) is 8.99. The van der Waals surface area contributed by atoms with E-state index < -0.39 is 22.0 Å². The number of carbonyl (C=O) groups excluding carboxylic acids is 2. The van der Waals surface area contributed by atoms with E-state index in [0.29, 0.717) is 36.4 Å². The predicted octanol–water partition coefficient (Wildman–Crippen LogP) is 1.37. The molecule has 0 saturated carbocycles. The van der Waals surface area contributed by atoms with Crippen LogP contribution < -0.4 is 9.47 Å². The highest BCUT2D eigenvalue weighted by molar-refractivity contribution is 7.88. The van der Waals surface area contributed by atoms with Crippen LogP contribution in [0.1, 0.15) is 25.3 Å². The van der Waals surface area contributed by atoms with Gasteiger partial charge in [-0.2, -0.15) is 8.42 Å². The molecule has 1 atom stereocenters. The third-order valence-corrected chi connectivity index (χ3v) is 6.72. The van der Waals surface area contributed by atoms with Gasteiger partial charge in [0.05, 0.1) is 32.5 Å². The first-order valence-corrected chi connectivity index (χ1v) is 11.6. The number of hydrogen-bond acceptors (Lipinski definition) is 7. The van der Waals surface area contributed by atoms with E-state index in [2.05, 4.69) is 4.40 Å². The molecule has 11 heteroatoms. The summed E-state index contributed by atoms with van der Waals surface area (Å²) < 4.78 is 45.7. The van der Waals surface area contributed by atoms with Crippen molar-refractivity contribution in [3.05, 3.63) is 35.5 Å². The molecule has 3 rings (SSSR count). The number of allylic oxidation sites excluding steroid dienone is 1. The monoisotopic (exact) mass is 465 g/mol. The first-order chi connectivity index (χ1) is 15.2. The maximum absolute atomic E-state index is 13.3. The molecule has 1 unspecified atom stereocenters. The minimum absolute atomic E-state index is 0.0470. The minimum Gasteiger partial charge on any atom is -0.493 e. The second-order valence-electron chi connectivity index (χ2n) is 7.36. The van der Waals surface area contributed by atoms with Gasteiger partial charge in [0.2, 0.25) is 0 Å². The van der Waals surface area contributed by atoms with Crippen LogP contribution in [0, 0.1) is 5.92 Å². The summed E-state index contributed by atoms with van der Waals surface area (Å²) in [7, 11) is 0.117. The second kappa shape index (κ2) is 9.60. The molecule has 0 aliphatic carbocycles. The van der Waals surface area contributed by atoms with Crippen LogP contribution in [0.5, 0.6) is 11.5 Å². The highest BCUT2D eigenvalue weighted by atomic mass is 32.2. The van der Waals surface area contributed by atoms with Gasteiger partial charge in [0, 0.05) is 25.7 Å². The zero-order valence-corrected chi connectivity index (χ0v) is 19.3. The van der Waals surface area contributed by atoms with Gasteiger partial charge in [-0.1, -0.05) is 0 Å². The van der Waals surface area contributed by atoms with E-state index >= 15 is 0 Å². The number of rotatable bonds is 6. The molecule has 0 radical (unpaired) electrons. The Morgan fingerprint density at radius 3 is 2.56 bits per heavy atom. The van der Waals surface area contributed by atoms with E-state index in [9.17, 15) is 18.0 Å². The molecular weight excluding hydrogens is 438 g/mol. The SMILES string of the molecule is CCOC(=O)C1CCCN(C(=O)C2=CC(c3ccc(OC)c(OC)c3)=NS(=O)(=O)N2C)C1. The Morgan fingerprint density at radius 2 is 1.91 bits per heavy atom. The zero-order chi connectivity index (χ0) is 23.5. The van der Waals surface area contributed by atoms with Crippen LogP contribution in [0.15, 0.2) is 34.4 Å². The Balaban J connectivity index is 1.93. The van der Waals surface area contributed by atoms with Gasteiger partial charge in [-0.3, -0.25) is 9.59 Å². The standard InChI is InChI=1S/C21H27N3O7S/c1-5-31-21(26)15-7-6-10-24(13-15)20(25)17-12-16(22-32(27,28)23(17)2)14-8-9-18(29-3)19(11-14)30-4/h8-9,11-12,15H,5-7,10,13H2,1-4H3. The van der Waals surface area contributed by atoms with Gasteiger partial charge in [-0.25, -0.2) is 4.31 Å². The first kappa shape index (κ1) is 23.6. The molecule has 32 heavy (non-hydrogen) atoms. The Hall–Kier alpha value is -3.08. The lowest BCUT2D eigenvalue weighted by atomic mass is 9.97. The third-order valence-electron chi connectivity index (χ3n) is 5.40. The average Bonchev–Trinajstić information content (AvgIpc) is 2.80. The molecule has 1 aromatic carbocycles. The van der Waals surface area contributed by atoms with E-state index in [-0.39, 0.29) is 30.5 Å². The predicted molar refractivity (Wildman–Crippen MR) is 117 cm³/mol. The Labute approximate surface area is 187 Å². The third kappa shape index (κ3) is 4.72. The molecule has 2 aliphatic heterocycles. The minimum atomic E-state index is -4.12. The topological polar surface area (TPSA) is 115 Å². The van der Waals surface area contributed by atoms with Gasteiger partial charge in [0.1, 0.15) is 5.70 Å². The fraction of sp³-hybridized carbons (Fsp3) is 0.476. The number of nitrogens with zero attached hydrogens (tertiary/aromatic N) is 3. The molecule has 2 aliphatic rings. The number of ether oxygens (including phenoxy) is 3. The number of likely N-dealkylation sites (tertiary alicyclic amines) is 1. The van der Waals surface area contributed by atoms with E-state index in [4.69, 9.17) is 14.2 Å². The Morgan fingerprint density at radius 1 is 1.19 bits per heavy atom. The summed E-state index contributed by atoms with van der Waals surface area (Å²) in [4.78, 5) is 26.9. The van der Waals surface area contributed by atoms with Crippen molar-refractivity contribution in [1.82, 2.24) is 9.21 Å². The Kier molecular flexibility index (Phi) is 7.07. The van der Waals surface area contributed by atoms with E-state index in [1.54, 1.807) is 25.1 Å². The molecule has 0 spiro atoms. The van der Waals surface area contributed by atoms with Crippen molar-refractivity contribution < 1.29 is 32.2 Å². The van der Waals surface area contributed by atoms with Gasteiger partial charge >= 0.3 is 16.2 Å². The van der Waals surface area contributed by atoms with Crippen molar-refractivity contribution in [1.29, 1.82) is 0 Å². The molecule has 0 aromatic heterocycles. The molecule has 1 fully saturated rings. The van der Waals surface area contributed by atoms with Gasteiger partial charge in [0.15, 0.2) is 11.5 Å². The maximum atomic E-state index is 13.3. The summed E-state index contributed by atoms with van der Waals surface area (Å²) in [5.74, 6) is -0.392. The molecule has 1 aromatic rings. The number of esters is 1. The van der Waals surface area contributed by atoms with Gasteiger partial charge < -0.3 is 19.1 Å². The van der Waals surface area contributed by atoms with Crippen LogP contribution >= 0.6 is 0 Å². The van der Waals surface area contributed by atoms with Crippen molar-refractivity contribution in [2.45, 2.75) is 19.8 Å². The number of piperidine rings is 1. The molecule has 174 valence electrons. The number of benzene rings is 1. The van der Waals surface area contributed by atoms with Crippen LogP contribution in [-0.2, 0) is 24.5 Å². The summed E-state index contributed by atoms with van der Waals surface area (Å²) >= 11 is 0. The lowest BCUT2D eigenvalue weighted by Gasteiger charge is -2.34. The number of carbonyl (C=O) groups is 2. The fourth-order valence-corrected chi connectivity index (χ4v) is 4.57. The summed E-state index contributed by atoms with van der Waals surface area (Å²) in [5.41, 5.74) is 0.508. The highest BCUT2D eigenvalue weighted by Gasteiger charge is 2.36. The smallest absolute Gasteiger partial charge is 0.345 e. The number of methoxy groups -OCH3 is 2. The molecule has 10 nitrogen and oxygen atoms in total. The molecule has 1 saturated heterocycles. The maximum Gasteiger partial charge on any atom is 0.345 e. The number of hydrogen-bond donors (Lipinski definition) is 0. The summed E-state index contributed by atoms with van der Waals surface area (Å²) in [5, 5.41) is 0. The highest BCUT2D eigenvalue weighted by Crippen LogP contribution is 2.30. The van der Waals surface area contributed by atoms with Crippen molar-refractivity contribution in [2.75, 3.05) is 41.0 Å². The number of amides is 1. The van der Waals surface area contributed by atoms with Crippen molar-refractivity contribution in [2.24, 2.45) is 10.3 Å². The number of likely N-dealkylation sites (N-methyl/N-ethyl adjacent to an activating group) is 1. The van der Waals surface area contributed by atoms with E-state index in [0.717, 1.165) is 4.31 Å². The van der Waals surface area contributed by atoms with Crippen molar-refractivity contribution in [3.8, 4) is 11.5 Å². The van der Waals surface area contributed by atoms with Crippen LogP contribution in [-0.4, -0.2) is 76.2 Å². The lowest BCUT2D eigenvalue weighted by Crippen LogP contribution is -2.46. The van der Waals surface area contributed by atoms with E-state index in [1.165, 1.54) is 32.2 Å². The Bertz CT molecular complexity index is 1070.